The minimum absolute atomic E-state index is 0.238. The van der Waals surface area contributed by atoms with Gasteiger partial charge in [0, 0.05) is 6.04 Å². The molecular formula is C13H18N2O2. The summed E-state index contributed by atoms with van der Waals surface area (Å²) >= 11 is 0. The lowest BCUT2D eigenvalue weighted by atomic mass is 10.1. The van der Waals surface area contributed by atoms with Gasteiger partial charge in [0.05, 0.1) is 0 Å². The van der Waals surface area contributed by atoms with E-state index in [-0.39, 0.29) is 12.1 Å². The second kappa shape index (κ2) is 5.68. The molecule has 0 radical (unpaired) electrons. The Morgan fingerprint density at radius 2 is 1.94 bits per heavy atom. The summed E-state index contributed by atoms with van der Waals surface area (Å²) in [6.07, 6.45) is 1.62. The number of nitrogens with zero attached hydrogens (tertiary/aromatic N) is 1. The van der Waals surface area contributed by atoms with Gasteiger partial charge in [-0.2, -0.15) is 0 Å². The molecule has 0 saturated carbocycles. The van der Waals surface area contributed by atoms with E-state index < -0.39 is 0 Å². The minimum Gasteiger partial charge on any atom is -0.410 e. The van der Waals surface area contributed by atoms with Crippen LogP contribution >= 0.6 is 0 Å². The molecule has 1 fully saturated rings. The highest BCUT2D eigenvalue weighted by atomic mass is 16.6. The molecule has 2 rings (SSSR count). The lowest BCUT2D eigenvalue weighted by Gasteiger charge is -2.29. The Labute approximate surface area is 102 Å². The van der Waals surface area contributed by atoms with Gasteiger partial charge < -0.3 is 15.0 Å². The predicted octanol–water partition coefficient (Wildman–Crippen LogP) is 1.87. The Bertz CT molecular complexity index is 359. The SMILES string of the molecule is CN1CCC(NC(=O)Oc2ccccc2)CC1. The van der Waals surface area contributed by atoms with Crippen molar-refractivity contribution in [2.75, 3.05) is 20.1 Å². The number of amides is 1. The highest BCUT2D eigenvalue weighted by molar-refractivity contribution is 5.70. The first-order chi connectivity index (χ1) is 8.24. The summed E-state index contributed by atoms with van der Waals surface area (Å²) in [6.45, 7) is 2.05. The van der Waals surface area contributed by atoms with Crippen LogP contribution in [-0.4, -0.2) is 37.2 Å². The molecular weight excluding hydrogens is 216 g/mol. The smallest absolute Gasteiger partial charge is 0.410 e. The van der Waals surface area contributed by atoms with Crippen LogP contribution in [0.15, 0.2) is 30.3 Å². The van der Waals surface area contributed by atoms with E-state index in [9.17, 15) is 4.79 Å². The molecule has 0 aliphatic carbocycles. The van der Waals surface area contributed by atoms with Crippen LogP contribution in [0.2, 0.25) is 0 Å². The monoisotopic (exact) mass is 234 g/mol. The lowest BCUT2D eigenvalue weighted by Crippen LogP contribution is -2.44. The fourth-order valence-electron chi connectivity index (χ4n) is 1.94. The number of rotatable bonds is 2. The van der Waals surface area contributed by atoms with Gasteiger partial charge >= 0.3 is 6.09 Å². The van der Waals surface area contributed by atoms with E-state index in [0.29, 0.717) is 5.75 Å². The van der Waals surface area contributed by atoms with Gasteiger partial charge in [0.1, 0.15) is 5.75 Å². The van der Waals surface area contributed by atoms with Crippen molar-refractivity contribution in [1.82, 2.24) is 10.2 Å². The molecule has 1 N–H and O–H groups in total. The van der Waals surface area contributed by atoms with Gasteiger partial charge in [0.15, 0.2) is 0 Å². The van der Waals surface area contributed by atoms with Gasteiger partial charge in [-0.1, -0.05) is 18.2 Å². The van der Waals surface area contributed by atoms with Crippen LogP contribution in [0.1, 0.15) is 12.8 Å². The third kappa shape index (κ3) is 3.75. The number of likely N-dealkylation sites (tertiary alicyclic amines) is 1. The van der Waals surface area contributed by atoms with Crippen molar-refractivity contribution < 1.29 is 9.53 Å². The Kier molecular flexibility index (Phi) is 3.98. The summed E-state index contributed by atoms with van der Waals surface area (Å²) in [6, 6.07) is 9.36. The van der Waals surface area contributed by atoms with E-state index in [1.165, 1.54) is 0 Å². The Hall–Kier alpha value is -1.55. The first kappa shape index (κ1) is 11.9. The van der Waals surface area contributed by atoms with Gasteiger partial charge in [-0.3, -0.25) is 0 Å². The molecule has 4 heteroatoms. The molecule has 17 heavy (non-hydrogen) atoms. The first-order valence-electron chi connectivity index (χ1n) is 5.96. The average molecular weight is 234 g/mol. The van der Waals surface area contributed by atoms with Crippen molar-refractivity contribution in [2.45, 2.75) is 18.9 Å². The molecule has 0 atom stereocenters. The maximum atomic E-state index is 11.6. The largest absolute Gasteiger partial charge is 0.412 e. The molecule has 1 aliphatic rings. The van der Waals surface area contributed by atoms with Crippen LogP contribution in [0.5, 0.6) is 5.75 Å². The number of benzene rings is 1. The predicted molar refractivity (Wildman–Crippen MR) is 66.1 cm³/mol. The number of carbonyl (C=O) groups is 1. The second-order valence-electron chi connectivity index (χ2n) is 4.42. The second-order valence-corrected chi connectivity index (χ2v) is 4.42. The number of piperidine rings is 1. The van der Waals surface area contributed by atoms with Gasteiger partial charge in [0.25, 0.3) is 0 Å². The zero-order chi connectivity index (χ0) is 12.1. The summed E-state index contributed by atoms with van der Waals surface area (Å²) in [4.78, 5) is 13.9. The minimum atomic E-state index is -0.356. The molecule has 1 aliphatic heterocycles. The molecule has 1 saturated heterocycles. The first-order valence-corrected chi connectivity index (χ1v) is 5.96. The van der Waals surface area contributed by atoms with Crippen LogP contribution in [0.4, 0.5) is 4.79 Å². The van der Waals surface area contributed by atoms with Crippen LogP contribution in [0, 0.1) is 0 Å². The Morgan fingerprint density at radius 3 is 2.59 bits per heavy atom. The summed E-state index contributed by atoms with van der Waals surface area (Å²) in [5.41, 5.74) is 0. The molecule has 4 nitrogen and oxygen atoms in total. The number of nitrogens with one attached hydrogen (secondary N) is 1. The highest BCUT2D eigenvalue weighted by Crippen LogP contribution is 2.11. The molecule has 0 bridgehead atoms. The van der Waals surface area contributed by atoms with Crippen LogP contribution in [-0.2, 0) is 0 Å². The molecule has 1 aromatic carbocycles. The summed E-state index contributed by atoms with van der Waals surface area (Å²) in [7, 11) is 2.10. The third-order valence-electron chi connectivity index (χ3n) is 2.99. The average Bonchev–Trinajstić information content (AvgIpc) is 2.33. The van der Waals surface area contributed by atoms with Crippen molar-refractivity contribution >= 4 is 6.09 Å². The maximum Gasteiger partial charge on any atom is 0.412 e. The van der Waals surface area contributed by atoms with Crippen LogP contribution < -0.4 is 10.1 Å². The quantitative estimate of drug-likeness (QED) is 0.849. The number of para-hydroxylation sites is 1. The van der Waals surface area contributed by atoms with Crippen molar-refractivity contribution in [3.05, 3.63) is 30.3 Å². The van der Waals surface area contributed by atoms with Crippen LogP contribution in [0.3, 0.4) is 0 Å². The van der Waals surface area contributed by atoms with Gasteiger partial charge in [-0.05, 0) is 45.1 Å². The topological polar surface area (TPSA) is 41.6 Å². The highest BCUT2D eigenvalue weighted by Gasteiger charge is 2.18. The van der Waals surface area contributed by atoms with E-state index >= 15 is 0 Å². The number of hydrogen-bond acceptors (Lipinski definition) is 3. The van der Waals surface area contributed by atoms with E-state index in [2.05, 4.69) is 17.3 Å². The van der Waals surface area contributed by atoms with Gasteiger partial charge in [-0.15, -0.1) is 0 Å². The van der Waals surface area contributed by atoms with Gasteiger partial charge in [-0.25, -0.2) is 4.79 Å². The van der Waals surface area contributed by atoms with E-state index in [0.717, 1.165) is 25.9 Å². The maximum absolute atomic E-state index is 11.6. The molecule has 1 aromatic rings. The summed E-state index contributed by atoms with van der Waals surface area (Å²) in [5.74, 6) is 0.581. The normalized spacial score (nSPS) is 17.7. The zero-order valence-electron chi connectivity index (χ0n) is 10.1. The summed E-state index contributed by atoms with van der Waals surface area (Å²) < 4.78 is 5.18. The zero-order valence-corrected chi connectivity index (χ0v) is 10.1. The van der Waals surface area contributed by atoms with Crippen molar-refractivity contribution in [1.29, 1.82) is 0 Å². The van der Waals surface area contributed by atoms with Crippen molar-refractivity contribution in [3.63, 3.8) is 0 Å². The van der Waals surface area contributed by atoms with Crippen molar-refractivity contribution in [3.8, 4) is 5.75 Å². The van der Waals surface area contributed by atoms with Crippen molar-refractivity contribution in [2.24, 2.45) is 0 Å². The van der Waals surface area contributed by atoms with Crippen LogP contribution in [0.25, 0.3) is 0 Å². The lowest BCUT2D eigenvalue weighted by molar-refractivity contribution is 0.182. The molecule has 0 aromatic heterocycles. The fraction of sp³-hybridized carbons (Fsp3) is 0.462. The van der Waals surface area contributed by atoms with E-state index in [1.807, 2.05) is 18.2 Å². The third-order valence-corrected chi connectivity index (χ3v) is 2.99. The Balaban J connectivity index is 1.78. The number of carbonyl (C=O) groups excluding carboxylic acids is 1. The van der Waals surface area contributed by atoms with E-state index in [1.54, 1.807) is 12.1 Å². The van der Waals surface area contributed by atoms with E-state index in [4.69, 9.17) is 4.74 Å². The molecule has 92 valence electrons. The molecule has 0 unspecified atom stereocenters. The fourth-order valence-corrected chi connectivity index (χ4v) is 1.94. The Morgan fingerprint density at radius 1 is 1.29 bits per heavy atom. The molecule has 1 amide bonds. The summed E-state index contributed by atoms with van der Waals surface area (Å²) in [5, 5.41) is 2.90. The molecule has 0 spiro atoms. The number of ether oxygens (including phenoxy) is 1. The van der Waals surface area contributed by atoms with Gasteiger partial charge in [0.2, 0.25) is 0 Å². The molecule has 1 heterocycles. The number of hydrogen-bond donors (Lipinski definition) is 1. The standard InChI is InChI=1S/C13H18N2O2/c1-15-9-7-11(8-10-15)14-13(16)17-12-5-3-2-4-6-12/h2-6,11H,7-10H2,1H3,(H,14,16).